The van der Waals surface area contributed by atoms with Crippen LogP contribution in [0.15, 0.2) is 18.2 Å². The fourth-order valence-electron chi connectivity index (χ4n) is 3.14. The summed E-state index contributed by atoms with van der Waals surface area (Å²) in [6.45, 7) is 1.47. The molecule has 0 radical (unpaired) electrons. The van der Waals surface area contributed by atoms with Crippen molar-refractivity contribution in [2.45, 2.75) is 57.8 Å². The molecule has 0 aliphatic carbocycles. The molecule has 27 heavy (non-hydrogen) atoms. The number of benzene rings is 1. The van der Waals surface area contributed by atoms with Crippen molar-refractivity contribution >= 4 is 5.91 Å². The summed E-state index contributed by atoms with van der Waals surface area (Å²) >= 11 is 0. The number of unbranched alkanes of at least 4 members (excludes halogenated alkanes) is 5. The second-order valence-corrected chi connectivity index (χ2v) is 6.81. The van der Waals surface area contributed by atoms with E-state index in [0.29, 0.717) is 5.56 Å². The van der Waals surface area contributed by atoms with Gasteiger partial charge in [0.25, 0.3) is 5.91 Å². The molecule has 0 saturated carbocycles. The van der Waals surface area contributed by atoms with Gasteiger partial charge in [0, 0.05) is 31.5 Å². The Hall–Kier alpha value is -2.43. The Balaban J connectivity index is 1.80. The number of rotatable bonds is 6. The largest absolute Gasteiger partial charge is 0.507 e. The Bertz CT molecular complexity index is 727. The van der Waals surface area contributed by atoms with Gasteiger partial charge in [0.1, 0.15) is 12.4 Å². The Labute approximate surface area is 162 Å². The molecule has 1 aromatic rings. The van der Waals surface area contributed by atoms with Gasteiger partial charge in [0.05, 0.1) is 5.56 Å². The maximum atomic E-state index is 12.6. The second kappa shape index (κ2) is 12.0. The van der Waals surface area contributed by atoms with E-state index in [1.165, 1.54) is 0 Å². The Kier molecular flexibility index (Phi) is 9.31. The number of piperidine rings is 1. The Morgan fingerprint density at radius 2 is 1.67 bits per heavy atom. The molecule has 0 atom stereocenters. The molecule has 1 aliphatic heterocycles. The highest BCUT2D eigenvalue weighted by atomic mass is 16.3. The maximum Gasteiger partial charge on any atom is 0.257 e. The normalized spacial score (nSPS) is 13.3. The minimum Gasteiger partial charge on any atom is -0.507 e. The van der Waals surface area contributed by atoms with Crippen LogP contribution in [-0.4, -0.2) is 40.7 Å². The van der Waals surface area contributed by atoms with E-state index in [-0.39, 0.29) is 18.3 Å². The molecule has 144 valence electrons. The molecule has 4 heteroatoms. The zero-order chi connectivity index (χ0) is 19.3. The molecule has 1 saturated heterocycles. The fraction of sp³-hybridized carbons (Fsp3) is 0.522. The number of hydrogen-bond acceptors (Lipinski definition) is 3. The van der Waals surface area contributed by atoms with E-state index in [4.69, 9.17) is 5.11 Å². The first-order chi connectivity index (χ1) is 13.2. The van der Waals surface area contributed by atoms with Crippen molar-refractivity contribution in [3.8, 4) is 29.4 Å². The number of aromatic hydroxyl groups is 1. The topological polar surface area (TPSA) is 60.8 Å². The number of carbonyl (C=O) groups excluding carboxylic acids is 1. The number of likely N-dealkylation sites (tertiary alicyclic amines) is 1. The van der Waals surface area contributed by atoms with E-state index in [1.54, 1.807) is 18.2 Å². The summed E-state index contributed by atoms with van der Waals surface area (Å²) in [5.74, 6) is 11.8. The number of carbonyl (C=O) groups is 1. The standard InChI is InChI=1S/C23H29NO3/c25-18-12-7-5-3-1-2-4-6-9-13-20-14-15-22(26)21(19-20)23(27)24-16-10-8-11-17-24/h14-15,19,25-26H,1-6,8,10-11,16-18H2. The van der Waals surface area contributed by atoms with Gasteiger partial charge < -0.3 is 15.1 Å². The average molecular weight is 367 g/mol. The van der Waals surface area contributed by atoms with Gasteiger partial charge in [-0.15, -0.1) is 5.92 Å². The predicted octanol–water partition coefficient (Wildman–Crippen LogP) is 3.71. The van der Waals surface area contributed by atoms with Crippen LogP contribution in [0.1, 0.15) is 73.7 Å². The Morgan fingerprint density at radius 3 is 2.37 bits per heavy atom. The van der Waals surface area contributed by atoms with Crippen molar-refractivity contribution in [2.24, 2.45) is 0 Å². The molecular weight excluding hydrogens is 338 g/mol. The lowest BCUT2D eigenvalue weighted by atomic mass is 10.1. The average Bonchev–Trinajstić information content (AvgIpc) is 2.70. The summed E-state index contributed by atoms with van der Waals surface area (Å²) in [7, 11) is 0. The lowest BCUT2D eigenvalue weighted by molar-refractivity contribution is 0.0721. The highest BCUT2D eigenvalue weighted by Gasteiger charge is 2.20. The van der Waals surface area contributed by atoms with Crippen LogP contribution in [-0.2, 0) is 0 Å². The molecule has 1 heterocycles. The van der Waals surface area contributed by atoms with Crippen molar-refractivity contribution in [2.75, 3.05) is 19.7 Å². The first kappa shape index (κ1) is 20.9. The predicted molar refractivity (Wildman–Crippen MR) is 107 cm³/mol. The van der Waals surface area contributed by atoms with Gasteiger partial charge >= 0.3 is 0 Å². The smallest absolute Gasteiger partial charge is 0.257 e. The summed E-state index contributed by atoms with van der Waals surface area (Å²) in [5, 5.41) is 18.6. The lowest BCUT2D eigenvalue weighted by Gasteiger charge is -2.27. The van der Waals surface area contributed by atoms with E-state index in [0.717, 1.165) is 76.4 Å². The molecule has 2 N–H and O–H groups in total. The molecule has 1 fully saturated rings. The van der Waals surface area contributed by atoms with Gasteiger partial charge in [0.2, 0.25) is 0 Å². The third-order valence-electron chi connectivity index (χ3n) is 4.66. The number of aliphatic hydroxyl groups is 1. The van der Waals surface area contributed by atoms with E-state index in [2.05, 4.69) is 23.7 Å². The van der Waals surface area contributed by atoms with Crippen LogP contribution in [0.25, 0.3) is 0 Å². The van der Waals surface area contributed by atoms with E-state index in [1.807, 2.05) is 4.90 Å². The van der Waals surface area contributed by atoms with Crippen LogP contribution >= 0.6 is 0 Å². The highest BCUT2D eigenvalue weighted by Crippen LogP contribution is 2.22. The number of hydrogen-bond donors (Lipinski definition) is 2. The molecule has 2 rings (SSSR count). The summed E-state index contributed by atoms with van der Waals surface area (Å²) in [6.07, 6.45) is 9.21. The third-order valence-corrected chi connectivity index (χ3v) is 4.66. The zero-order valence-electron chi connectivity index (χ0n) is 16.0. The number of aliphatic hydroxyl groups excluding tert-OH is 1. The summed E-state index contributed by atoms with van der Waals surface area (Å²) in [5.41, 5.74) is 1.13. The first-order valence-corrected chi connectivity index (χ1v) is 9.90. The van der Waals surface area contributed by atoms with Gasteiger partial charge in [-0.2, -0.15) is 0 Å². The molecule has 1 aromatic carbocycles. The highest BCUT2D eigenvalue weighted by molar-refractivity contribution is 5.97. The van der Waals surface area contributed by atoms with E-state index in [9.17, 15) is 9.90 Å². The second-order valence-electron chi connectivity index (χ2n) is 6.81. The van der Waals surface area contributed by atoms with Crippen LogP contribution in [0.4, 0.5) is 0 Å². The maximum absolute atomic E-state index is 12.6. The molecule has 0 unspecified atom stereocenters. The van der Waals surface area contributed by atoms with Gasteiger partial charge in [-0.3, -0.25) is 4.79 Å². The van der Waals surface area contributed by atoms with Crippen LogP contribution in [0, 0.1) is 23.7 Å². The summed E-state index contributed by atoms with van der Waals surface area (Å²) < 4.78 is 0. The minimum atomic E-state index is -0.0971. The number of phenols is 1. The third kappa shape index (κ3) is 7.37. The number of nitrogens with zero attached hydrogens (tertiary/aromatic N) is 1. The Morgan fingerprint density at radius 1 is 0.963 bits per heavy atom. The fourth-order valence-corrected chi connectivity index (χ4v) is 3.14. The SMILES string of the molecule is O=C(c1cc(C#CCCCCCCC#CCO)ccc1O)N1CCCCC1. The van der Waals surface area contributed by atoms with Crippen LogP contribution < -0.4 is 0 Å². The summed E-state index contributed by atoms with van der Waals surface area (Å²) in [4.78, 5) is 14.4. The van der Waals surface area contributed by atoms with Gasteiger partial charge in [-0.25, -0.2) is 0 Å². The van der Waals surface area contributed by atoms with Crippen LogP contribution in [0.2, 0.25) is 0 Å². The van der Waals surface area contributed by atoms with Gasteiger partial charge in [-0.05, 0) is 50.3 Å². The van der Waals surface area contributed by atoms with Gasteiger partial charge in [0.15, 0.2) is 0 Å². The summed E-state index contributed by atoms with van der Waals surface area (Å²) in [6, 6.07) is 5.03. The molecule has 0 bridgehead atoms. The van der Waals surface area contributed by atoms with E-state index >= 15 is 0 Å². The lowest BCUT2D eigenvalue weighted by Crippen LogP contribution is -2.35. The molecule has 1 amide bonds. The van der Waals surface area contributed by atoms with Crippen molar-refractivity contribution in [3.05, 3.63) is 29.3 Å². The van der Waals surface area contributed by atoms with Crippen LogP contribution in [0.3, 0.4) is 0 Å². The van der Waals surface area contributed by atoms with Crippen molar-refractivity contribution in [3.63, 3.8) is 0 Å². The van der Waals surface area contributed by atoms with Crippen molar-refractivity contribution in [1.29, 1.82) is 0 Å². The minimum absolute atomic E-state index is 0.0282. The first-order valence-electron chi connectivity index (χ1n) is 9.90. The quantitative estimate of drug-likeness (QED) is 0.595. The van der Waals surface area contributed by atoms with Crippen molar-refractivity contribution in [1.82, 2.24) is 4.90 Å². The molecule has 1 aliphatic rings. The molecular formula is C23H29NO3. The molecule has 4 nitrogen and oxygen atoms in total. The zero-order valence-corrected chi connectivity index (χ0v) is 16.0. The van der Waals surface area contributed by atoms with Gasteiger partial charge in [-0.1, -0.05) is 30.6 Å². The number of amides is 1. The molecule has 0 aromatic heterocycles. The van der Waals surface area contributed by atoms with Crippen LogP contribution in [0.5, 0.6) is 5.75 Å². The monoisotopic (exact) mass is 367 g/mol. The van der Waals surface area contributed by atoms with Crippen molar-refractivity contribution < 1.29 is 15.0 Å². The van der Waals surface area contributed by atoms with E-state index < -0.39 is 0 Å². The number of phenolic OH excluding ortho intramolecular Hbond substituents is 1. The molecule has 0 spiro atoms.